The van der Waals surface area contributed by atoms with E-state index in [0.717, 1.165) is 60.3 Å². The average Bonchev–Trinajstić information content (AvgIpc) is 3.29. The Kier molecular flexibility index (Phi) is 8.59. The molecule has 0 aliphatic carbocycles. The Morgan fingerprint density at radius 3 is 2.71 bits per heavy atom. The first-order valence-electron chi connectivity index (χ1n) is 11.0. The van der Waals surface area contributed by atoms with E-state index in [1.165, 1.54) is 5.56 Å². The van der Waals surface area contributed by atoms with Crippen LogP contribution < -0.4 is 20.1 Å². The summed E-state index contributed by atoms with van der Waals surface area (Å²) in [6.45, 7) is 10.6. The van der Waals surface area contributed by atoms with E-state index >= 15 is 0 Å². The summed E-state index contributed by atoms with van der Waals surface area (Å²) in [7, 11) is 1.69. The van der Waals surface area contributed by atoms with Crippen molar-refractivity contribution in [3.63, 3.8) is 0 Å². The number of methoxy groups -OCH3 is 1. The molecule has 6 heteroatoms. The Morgan fingerprint density at radius 2 is 2.00 bits per heavy atom. The van der Waals surface area contributed by atoms with Gasteiger partial charge in [0, 0.05) is 31.2 Å². The third-order valence-electron chi connectivity index (χ3n) is 5.39. The lowest BCUT2D eigenvalue weighted by molar-refractivity contribution is 0.166. The van der Waals surface area contributed by atoms with Gasteiger partial charge in [0.05, 0.1) is 26.9 Å². The van der Waals surface area contributed by atoms with E-state index in [1.807, 2.05) is 13.0 Å². The quantitative estimate of drug-likeness (QED) is 0.470. The van der Waals surface area contributed by atoms with Crippen LogP contribution in [0.25, 0.3) is 0 Å². The van der Waals surface area contributed by atoms with Crippen LogP contribution in [-0.4, -0.2) is 39.4 Å². The van der Waals surface area contributed by atoms with E-state index < -0.39 is 0 Å². The van der Waals surface area contributed by atoms with Crippen molar-refractivity contribution < 1.29 is 14.2 Å². The van der Waals surface area contributed by atoms with Crippen molar-refractivity contribution in [2.24, 2.45) is 10.9 Å². The third-order valence-corrected chi connectivity index (χ3v) is 5.39. The fourth-order valence-corrected chi connectivity index (χ4v) is 3.59. The normalized spacial score (nSPS) is 16.3. The fourth-order valence-electron chi connectivity index (χ4n) is 3.59. The first-order valence-corrected chi connectivity index (χ1v) is 11.0. The lowest BCUT2D eigenvalue weighted by Gasteiger charge is -2.17. The SMILES string of the molecule is CCNC(=NCc1ccc(OC)c(C)c1)NCc1ccc(C)cc1OCC1CCOC1. The molecule has 0 spiro atoms. The van der Waals surface area contributed by atoms with Gasteiger partial charge in [-0.25, -0.2) is 4.99 Å². The van der Waals surface area contributed by atoms with E-state index in [0.29, 0.717) is 25.6 Å². The van der Waals surface area contributed by atoms with Crippen LogP contribution in [0.4, 0.5) is 0 Å². The van der Waals surface area contributed by atoms with Gasteiger partial charge in [-0.05, 0) is 56.0 Å². The second kappa shape index (κ2) is 11.6. The van der Waals surface area contributed by atoms with Gasteiger partial charge in [-0.2, -0.15) is 0 Å². The molecule has 0 radical (unpaired) electrons. The Morgan fingerprint density at radius 1 is 1.13 bits per heavy atom. The molecule has 2 aromatic rings. The Balaban J connectivity index is 1.63. The maximum atomic E-state index is 6.17. The number of guanidine groups is 1. The van der Waals surface area contributed by atoms with Crippen molar-refractivity contribution in [3.8, 4) is 11.5 Å². The van der Waals surface area contributed by atoms with Crippen LogP contribution in [0.1, 0.15) is 35.6 Å². The molecule has 1 unspecified atom stereocenters. The molecule has 0 amide bonds. The minimum Gasteiger partial charge on any atom is -0.496 e. The molecular formula is C25H35N3O3. The monoisotopic (exact) mass is 425 g/mol. The maximum absolute atomic E-state index is 6.17. The molecule has 1 heterocycles. The van der Waals surface area contributed by atoms with Gasteiger partial charge in [-0.1, -0.05) is 24.3 Å². The highest BCUT2D eigenvalue weighted by Crippen LogP contribution is 2.23. The van der Waals surface area contributed by atoms with Crippen LogP contribution in [0.5, 0.6) is 11.5 Å². The zero-order chi connectivity index (χ0) is 22.1. The number of aryl methyl sites for hydroxylation is 2. The summed E-state index contributed by atoms with van der Waals surface area (Å²) in [6.07, 6.45) is 1.07. The second-order valence-corrected chi connectivity index (χ2v) is 8.00. The third kappa shape index (κ3) is 6.89. The van der Waals surface area contributed by atoms with Crippen molar-refractivity contribution in [2.45, 2.75) is 40.3 Å². The molecule has 1 saturated heterocycles. The van der Waals surface area contributed by atoms with Crippen molar-refractivity contribution >= 4 is 5.96 Å². The molecule has 6 nitrogen and oxygen atoms in total. The minimum atomic E-state index is 0.480. The highest BCUT2D eigenvalue weighted by molar-refractivity contribution is 5.79. The summed E-state index contributed by atoms with van der Waals surface area (Å²) in [5.41, 5.74) is 4.57. The lowest BCUT2D eigenvalue weighted by Crippen LogP contribution is -2.36. The molecule has 1 fully saturated rings. The topological polar surface area (TPSA) is 64.1 Å². The van der Waals surface area contributed by atoms with Crippen molar-refractivity contribution in [1.29, 1.82) is 0 Å². The van der Waals surface area contributed by atoms with Crippen LogP contribution in [0, 0.1) is 19.8 Å². The molecule has 0 aromatic heterocycles. The molecule has 2 aromatic carbocycles. The van der Waals surface area contributed by atoms with Gasteiger partial charge >= 0.3 is 0 Å². The average molecular weight is 426 g/mol. The molecule has 1 atom stereocenters. The molecule has 31 heavy (non-hydrogen) atoms. The molecule has 0 saturated carbocycles. The number of hydrogen-bond donors (Lipinski definition) is 2. The smallest absolute Gasteiger partial charge is 0.191 e. The number of rotatable bonds is 9. The zero-order valence-electron chi connectivity index (χ0n) is 19.2. The van der Waals surface area contributed by atoms with Crippen molar-refractivity contribution in [2.75, 3.05) is 33.5 Å². The van der Waals surface area contributed by atoms with Gasteiger partial charge in [0.1, 0.15) is 11.5 Å². The molecule has 1 aliphatic rings. The van der Waals surface area contributed by atoms with Gasteiger partial charge < -0.3 is 24.8 Å². The van der Waals surface area contributed by atoms with Crippen molar-refractivity contribution in [1.82, 2.24) is 10.6 Å². The van der Waals surface area contributed by atoms with Crippen LogP contribution in [0.2, 0.25) is 0 Å². The van der Waals surface area contributed by atoms with Crippen LogP contribution in [0.3, 0.4) is 0 Å². The zero-order valence-corrected chi connectivity index (χ0v) is 19.2. The largest absolute Gasteiger partial charge is 0.496 e. The first kappa shape index (κ1) is 22.9. The van der Waals surface area contributed by atoms with Crippen LogP contribution >= 0.6 is 0 Å². The summed E-state index contributed by atoms with van der Waals surface area (Å²) < 4.78 is 17.0. The summed E-state index contributed by atoms with van der Waals surface area (Å²) in [5, 5.41) is 6.77. The van der Waals surface area contributed by atoms with E-state index in [4.69, 9.17) is 19.2 Å². The van der Waals surface area contributed by atoms with E-state index in [1.54, 1.807) is 7.11 Å². The minimum absolute atomic E-state index is 0.480. The van der Waals surface area contributed by atoms with E-state index in [2.05, 4.69) is 54.8 Å². The van der Waals surface area contributed by atoms with E-state index in [9.17, 15) is 0 Å². The highest BCUT2D eigenvalue weighted by Gasteiger charge is 2.17. The number of ether oxygens (including phenoxy) is 3. The Hall–Kier alpha value is -2.73. The van der Waals surface area contributed by atoms with E-state index in [-0.39, 0.29) is 0 Å². The fraction of sp³-hybridized carbons (Fsp3) is 0.480. The molecule has 3 rings (SSSR count). The Bertz CT molecular complexity index is 876. The van der Waals surface area contributed by atoms with Gasteiger partial charge in [0.2, 0.25) is 0 Å². The highest BCUT2D eigenvalue weighted by atomic mass is 16.5. The molecule has 1 aliphatic heterocycles. The summed E-state index contributed by atoms with van der Waals surface area (Å²) in [5.74, 6) is 3.09. The lowest BCUT2D eigenvalue weighted by atomic mass is 10.1. The first-order chi connectivity index (χ1) is 15.1. The molecular weight excluding hydrogens is 390 g/mol. The number of benzene rings is 2. The number of nitrogens with one attached hydrogen (secondary N) is 2. The van der Waals surface area contributed by atoms with Gasteiger partial charge in [-0.15, -0.1) is 0 Å². The standard InChI is InChI=1S/C25H35N3O3/c1-5-26-25(27-14-20-7-9-23(29-4)19(3)13-20)28-15-22-8-6-18(2)12-24(22)31-17-21-10-11-30-16-21/h6-9,12-13,21H,5,10-11,14-17H2,1-4H3,(H2,26,27,28). The van der Waals surface area contributed by atoms with Crippen molar-refractivity contribution in [3.05, 3.63) is 58.7 Å². The summed E-state index contributed by atoms with van der Waals surface area (Å²) in [6, 6.07) is 12.5. The van der Waals surface area contributed by atoms with Crippen LogP contribution in [-0.2, 0) is 17.8 Å². The summed E-state index contributed by atoms with van der Waals surface area (Å²) in [4.78, 5) is 4.75. The maximum Gasteiger partial charge on any atom is 0.191 e. The van der Waals surface area contributed by atoms with Gasteiger partial charge in [-0.3, -0.25) is 0 Å². The predicted octanol–water partition coefficient (Wildman–Crippen LogP) is 3.98. The molecule has 0 bridgehead atoms. The molecule has 2 N–H and O–H groups in total. The van der Waals surface area contributed by atoms with Gasteiger partial charge in [0.15, 0.2) is 5.96 Å². The number of nitrogens with zero attached hydrogens (tertiary/aromatic N) is 1. The van der Waals surface area contributed by atoms with Gasteiger partial charge in [0.25, 0.3) is 0 Å². The summed E-state index contributed by atoms with van der Waals surface area (Å²) >= 11 is 0. The van der Waals surface area contributed by atoms with Crippen LogP contribution in [0.15, 0.2) is 41.4 Å². The second-order valence-electron chi connectivity index (χ2n) is 8.00. The number of aliphatic imine (C=N–C) groups is 1. The molecule has 168 valence electrons. The Labute approximate surface area is 186 Å². The predicted molar refractivity (Wildman–Crippen MR) is 125 cm³/mol. The number of hydrogen-bond acceptors (Lipinski definition) is 4.